The molecule has 1 aliphatic heterocycles. The van der Waals surface area contributed by atoms with E-state index < -0.39 is 17.2 Å². The van der Waals surface area contributed by atoms with Gasteiger partial charge >= 0.3 is 5.97 Å². The molecule has 2 aromatic rings. The number of piperidine rings is 1. The lowest BCUT2D eigenvalue weighted by Crippen LogP contribution is -2.33. The van der Waals surface area contributed by atoms with E-state index in [9.17, 15) is 14.7 Å². The van der Waals surface area contributed by atoms with Crippen molar-refractivity contribution < 1.29 is 14.3 Å². The van der Waals surface area contributed by atoms with Crippen molar-refractivity contribution in [2.45, 2.75) is 31.7 Å². The molecule has 0 bridgehead atoms. The van der Waals surface area contributed by atoms with Gasteiger partial charge in [-0.25, -0.2) is 9.18 Å². The molecule has 0 atom stereocenters. The number of aromatic nitrogens is 1. The number of rotatable bonds is 5. The highest BCUT2D eigenvalue weighted by molar-refractivity contribution is 6.30. The number of nitrogens with zero attached hydrogens (tertiary/aromatic N) is 2. The number of hydrogen-bond acceptors (Lipinski definition) is 4. The van der Waals surface area contributed by atoms with Crippen LogP contribution in [0.2, 0.25) is 0 Å². The van der Waals surface area contributed by atoms with Gasteiger partial charge in [-0.15, -0.1) is 12.4 Å². The highest BCUT2D eigenvalue weighted by Crippen LogP contribution is 2.38. The average Bonchev–Trinajstić information content (AvgIpc) is 3.53. The van der Waals surface area contributed by atoms with E-state index in [2.05, 4.69) is 5.32 Å². The van der Waals surface area contributed by atoms with Crippen molar-refractivity contribution in [1.82, 2.24) is 9.88 Å². The first-order valence-corrected chi connectivity index (χ1v) is 10.2. The Morgan fingerprint density at radius 2 is 2.10 bits per heavy atom. The summed E-state index contributed by atoms with van der Waals surface area (Å²) < 4.78 is 16.9. The molecule has 0 spiro atoms. The van der Waals surface area contributed by atoms with Crippen LogP contribution in [-0.4, -0.2) is 42.3 Å². The molecule has 9 heteroatoms. The molecule has 1 aromatic carbocycles. The fourth-order valence-electron chi connectivity index (χ4n) is 3.99. The normalized spacial score (nSPS) is 18.3. The fourth-order valence-corrected chi connectivity index (χ4v) is 4.28. The second-order valence-electron chi connectivity index (χ2n) is 7.70. The lowest BCUT2D eigenvalue weighted by molar-refractivity contribution is 0.0695. The van der Waals surface area contributed by atoms with Crippen LogP contribution in [0.15, 0.2) is 33.7 Å². The van der Waals surface area contributed by atoms with Crippen LogP contribution in [0, 0.1) is 5.82 Å². The van der Waals surface area contributed by atoms with Crippen molar-refractivity contribution in [2.24, 2.45) is 0 Å². The largest absolute Gasteiger partial charge is 0.477 e. The zero-order valence-corrected chi connectivity index (χ0v) is 18.2. The topological polar surface area (TPSA) is 74.6 Å². The third-order valence-corrected chi connectivity index (χ3v) is 6.02. The summed E-state index contributed by atoms with van der Waals surface area (Å²) in [5, 5.41) is 13.3. The van der Waals surface area contributed by atoms with Crippen LogP contribution in [0.4, 0.5) is 10.1 Å². The van der Waals surface area contributed by atoms with Gasteiger partial charge in [0.25, 0.3) is 0 Å². The smallest absolute Gasteiger partial charge is 0.341 e. The Labute approximate surface area is 184 Å². The number of aromatic carboxylic acids is 1. The SMILES string of the molecule is CNCC(Cl)=C1CCCN(c2cc3c(cc2F)c(=O)c(C(=O)O)cn3C2CC2)C1.Cl. The molecule has 4 rings (SSSR count). The van der Waals surface area contributed by atoms with Crippen LogP contribution in [-0.2, 0) is 0 Å². The number of benzene rings is 1. The lowest BCUT2D eigenvalue weighted by atomic mass is 10.0. The van der Waals surface area contributed by atoms with Crippen molar-refractivity contribution in [2.75, 3.05) is 31.6 Å². The number of halogens is 3. The van der Waals surface area contributed by atoms with Crippen LogP contribution in [0.5, 0.6) is 0 Å². The minimum atomic E-state index is -1.29. The number of carboxylic acid groups (broad SMARTS) is 1. The summed E-state index contributed by atoms with van der Waals surface area (Å²) in [7, 11) is 1.83. The van der Waals surface area contributed by atoms with E-state index in [4.69, 9.17) is 11.6 Å². The first-order valence-electron chi connectivity index (χ1n) is 9.78. The van der Waals surface area contributed by atoms with Crippen molar-refractivity contribution in [3.63, 3.8) is 0 Å². The van der Waals surface area contributed by atoms with E-state index in [0.29, 0.717) is 30.8 Å². The van der Waals surface area contributed by atoms with E-state index >= 15 is 4.39 Å². The first-order chi connectivity index (χ1) is 13.9. The van der Waals surface area contributed by atoms with Gasteiger partial charge in [0.05, 0.1) is 11.2 Å². The molecule has 1 aromatic heterocycles. The maximum Gasteiger partial charge on any atom is 0.341 e. The number of nitrogens with one attached hydrogen (secondary N) is 1. The zero-order valence-electron chi connectivity index (χ0n) is 16.6. The van der Waals surface area contributed by atoms with Crippen LogP contribution in [0.3, 0.4) is 0 Å². The fraction of sp³-hybridized carbons (Fsp3) is 0.429. The molecule has 162 valence electrons. The molecule has 0 unspecified atom stereocenters. The summed E-state index contributed by atoms with van der Waals surface area (Å²) in [5.41, 5.74) is 1.11. The molecule has 0 radical (unpaired) electrons. The second-order valence-corrected chi connectivity index (χ2v) is 8.16. The maximum absolute atomic E-state index is 15.0. The average molecular weight is 456 g/mol. The van der Waals surface area contributed by atoms with Gasteiger partial charge in [0, 0.05) is 42.3 Å². The number of hydrogen-bond donors (Lipinski definition) is 2. The number of carbonyl (C=O) groups is 1. The van der Waals surface area contributed by atoms with Gasteiger partial charge in [0.1, 0.15) is 11.4 Å². The molecule has 2 heterocycles. The summed E-state index contributed by atoms with van der Waals surface area (Å²) in [6.45, 7) is 1.80. The first kappa shape index (κ1) is 22.6. The Morgan fingerprint density at radius 1 is 1.37 bits per heavy atom. The number of carboxylic acids is 1. The molecule has 2 fully saturated rings. The van der Waals surface area contributed by atoms with E-state index in [1.165, 1.54) is 12.3 Å². The van der Waals surface area contributed by atoms with E-state index in [0.717, 1.165) is 36.3 Å². The Balaban J connectivity index is 0.00000256. The zero-order chi connectivity index (χ0) is 20.7. The third kappa shape index (κ3) is 4.19. The van der Waals surface area contributed by atoms with Crippen molar-refractivity contribution in [1.29, 1.82) is 0 Å². The van der Waals surface area contributed by atoms with E-state index in [-0.39, 0.29) is 29.4 Å². The molecule has 30 heavy (non-hydrogen) atoms. The number of fused-ring (bicyclic) bond motifs is 1. The maximum atomic E-state index is 15.0. The highest BCUT2D eigenvalue weighted by atomic mass is 35.5. The van der Waals surface area contributed by atoms with Gasteiger partial charge in [0.2, 0.25) is 5.43 Å². The summed E-state index contributed by atoms with van der Waals surface area (Å²) in [4.78, 5) is 26.0. The molecule has 6 nitrogen and oxygen atoms in total. The van der Waals surface area contributed by atoms with Gasteiger partial charge in [-0.3, -0.25) is 4.79 Å². The summed E-state index contributed by atoms with van der Waals surface area (Å²) in [6.07, 6.45) is 4.97. The molecule has 1 saturated carbocycles. The molecule has 2 aliphatic rings. The van der Waals surface area contributed by atoms with Gasteiger partial charge in [-0.1, -0.05) is 11.6 Å². The van der Waals surface area contributed by atoms with Gasteiger partial charge in [0.15, 0.2) is 0 Å². The van der Waals surface area contributed by atoms with Crippen LogP contribution < -0.4 is 15.6 Å². The Morgan fingerprint density at radius 3 is 2.73 bits per heavy atom. The summed E-state index contributed by atoms with van der Waals surface area (Å²) >= 11 is 6.39. The predicted molar refractivity (Wildman–Crippen MR) is 119 cm³/mol. The molecule has 0 amide bonds. The second kappa shape index (κ2) is 8.96. The highest BCUT2D eigenvalue weighted by Gasteiger charge is 2.28. The van der Waals surface area contributed by atoms with Crippen LogP contribution >= 0.6 is 24.0 Å². The summed E-state index contributed by atoms with van der Waals surface area (Å²) in [6, 6.07) is 3.02. The minimum absolute atomic E-state index is 0. The molecular formula is C21H24Cl2FN3O3. The van der Waals surface area contributed by atoms with E-state index in [1.54, 1.807) is 6.07 Å². The predicted octanol–water partition coefficient (Wildman–Crippen LogP) is 3.91. The van der Waals surface area contributed by atoms with E-state index in [1.807, 2.05) is 16.5 Å². The number of pyridine rings is 1. The Bertz CT molecular complexity index is 1080. The third-order valence-electron chi connectivity index (χ3n) is 5.62. The summed E-state index contributed by atoms with van der Waals surface area (Å²) in [5.74, 6) is -1.81. The van der Waals surface area contributed by atoms with Gasteiger partial charge < -0.3 is 19.9 Å². The number of likely N-dealkylation sites (N-methyl/N-ethyl adjacent to an activating group) is 1. The monoisotopic (exact) mass is 455 g/mol. The van der Waals surface area contributed by atoms with Crippen molar-refractivity contribution in [3.05, 3.63) is 50.5 Å². The Hall–Kier alpha value is -2.09. The number of anilines is 1. The van der Waals surface area contributed by atoms with Crippen LogP contribution in [0.25, 0.3) is 10.9 Å². The minimum Gasteiger partial charge on any atom is -0.477 e. The molecule has 1 aliphatic carbocycles. The quantitative estimate of drug-likeness (QED) is 0.714. The van der Waals surface area contributed by atoms with Crippen molar-refractivity contribution >= 4 is 46.6 Å². The molecule has 2 N–H and O–H groups in total. The van der Waals surface area contributed by atoms with Gasteiger partial charge in [-0.05, 0) is 50.4 Å². The standard InChI is InChI=1S/C21H23ClFN3O3.ClH/c1-24-9-16(22)12-3-2-6-25(10-12)19-8-18-14(7-17(19)23)20(27)15(21(28)29)11-26(18)13-4-5-13;/h7-8,11,13,24H,2-6,9-10H2,1H3,(H,28,29);1H. The van der Waals surface area contributed by atoms with Crippen molar-refractivity contribution in [3.8, 4) is 0 Å². The molecule has 1 saturated heterocycles. The molecular weight excluding hydrogens is 432 g/mol. The van der Waals surface area contributed by atoms with Crippen LogP contribution in [0.1, 0.15) is 42.1 Å². The van der Waals surface area contributed by atoms with Gasteiger partial charge in [-0.2, -0.15) is 0 Å². The lowest BCUT2D eigenvalue weighted by Gasteiger charge is -2.32. The Kier molecular flexibility index (Phi) is 6.75.